The molecule has 0 heterocycles. The molecule has 0 aromatic heterocycles. The molecule has 0 bridgehead atoms. The summed E-state index contributed by atoms with van der Waals surface area (Å²) in [5, 5.41) is 11.8. The molecule has 0 radical (unpaired) electrons. The van der Waals surface area contributed by atoms with Gasteiger partial charge in [-0.25, -0.2) is 0 Å². The number of rotatable bonds is 3. The molecule has 0 aliphatic rings. The van der Waals surface area contributed by atoms with Crippen LogP contribution in [0, 0.1) is 4.91 Å². The highest BCUT2D eigenvalue weighted by atomic mass is 16.5. The average Bonchev–Trinajstić information content (AvgIpc) is 2.18. The summed E-state index contributed by atoms with van der Waals surface area (Å²) in [5.41, 5.74) is 0.0192. The Bertz CT molecular complexity index is 348. The van der Waals surface area contributed by atoms with E-state index in [1.54, 1.807) is 0 Å². The molecule has 1 aromatic rings. The lowest BCUT2D eigenvalue weighted by atomic mass is 10.2. The number of nitroso groups, excluding NO2 is 1. The molecule has 0 saturated carbocycles. The summed E-state index contributed by atoms with van der Waals surface area (Å²) in [6, 6.07) is 2.49. The van der Waals surface area contributed by atoms with Gasteiger partial charge in [-0.3, -0.25) is 4.79 Å². The van der Waals surface area contributed by atoms with Crippen LogP contribution in [0.15, 0.2) is 17.3 Å². The number of aromatic hydroxyl groups is 1. The van der Waals surface area contributed by atoms with Crippen LogP contribution in [0.25, 0.3) is 0 Å². The molecular formula is C8H7NO4. The first-order chi connectivity index (χ1) is 6.22. The largest absolute Gasteiger partial charge is 0.503 e. The molecule has 0 atom stereocenters. The summed E-state index contributed by atoms with van der Waals surface area (Å²) in [6.45, 7) is 0. The van der Waals surface area contributed by atoms with Crippen molar-refractivity contribution in [1.82, 2.24) is 0 Å². The zero-order valence-corrected chi connectivity index (χ0v) is 6.85. The Kier molecular flexibility index (Phi) is 2.59. The second-order valence-electron chi connectivity index (χ2n) is 2.30. The Morgan fingerprint density at radius 3 is 2.69 bits per heavy atom. The van der Waals surface area contributed by atoms with E-state index < -0.39 is 0 Å². The zero-order valence-electron chi connectivity index (χ0n) is 6.85. The second-order valence-corrected chi connectivity index (χ2v) is 2.30. The number of carbonyl (C=O) groups is 1. The Balaban J connectivity index is 3.36. The van der Waals surface area contributed by atoms with Crippen molar-refractivity contribution >= 4 is 12.0 Å². The van der Waals surface area contributed by atoms with Crippen LogP contribution >= 0.6 is 0 Å². The van der Waals surface area contributed by atoms with E-state index in [2.05, 4.69) is 5.18 Å². The van der Waals surface area contributed by atoms with Crippen LogP contribution in [0.5, 0.6) is 11.5 Å². The smallest absolute Gasteiger partial charge is 0.187 e. The predicted octanol–water partition coefficient (Wildman–Crippen LogP) is 1.61. The summed E-state index contributed by atoms with van der Waals surface area (Å²) in [6.07, 6.45) is 0.538. The number of aldehydes is 1. The Morgan fingerprint density at radius 1 is 1.54 bits per heavy atom. The number of phenolic OH excluding ortho intramolecular Hbond substituents is 1. The van der Waals surface area contributed by atoms with Crippen molar-refractivity contribution in [3.8, 4) is 11.5 Å². The molecule has 5 heteroatoms. The van der Waals surface area contributed by atoms with Crippen molar-refractivity contribution in [3.05, 3.63) is 22.6 Å². The fourth-order valence-electron chi connectivity index (χ4n) is 0.907. The molecule has 1 aromatic carbocycles. The Morgan fingerprint density at radius 2 is 2.23 bits per heavy atom. The normalized spacial score (nSPS) is 9.31. The van der Waals surface area contributed by atoms with E-state index in [1.165, 1.54) is 19.2 Å². The molecule has 0 aliphatic carbocycles. The van der Waals surface area contributed by atoms with E-state index in [4.69, 9.17) is 4.74 Å². The van der Waals surface area contributed by atoms with E-state index in [-0.39, 0.29) is 22.7 Å². The summed E-state index contributed by atoms with van der Waals surface area (Å²) in [5.74, 6) is -0.303. The van der Waals surface area contributed by atoms with Crippen molar-refractivity contribution in [2.24, 2.45) is 5.18 Å². The van der Waals surface area contributed by atoms with Gasteiger partial charge in [-0.15, -0.1) is 4.91 Å². The topological polar surface area (TPSA) is 76.0 Å². The van der Waals surface area contributed by atoms with Gasteiger partial charge in [-0.05, 0) is 17.3 Å². The molecule has 0 saturated heterocycles. The lowest BCUT2D eigenvalue weighted by molar-refractivity contribution is 0.112. The highest BCUT2D eigenvalue weighted by Gasteiger charge is 2.10. The molecule has 0 spiro atoms. The Labute approximate surface area is 73.9 Å². The molecule has 5 nitrogen and oxygen atoms in total. The van der Waals surface area contributed by atoms with Gasteiger partial charge in [0.05, 0.1) is 7.11 Å². The predicted molar refractivity (Wildman–Crippen MR) is 45.5 cm³/mol. The fraction of sp³-hybridized carbons (Fsp3) is 0.125. The third kappa shape index (κ3) is 1.64. The maximum Gasteiger partial charge on any atom is 0.187 e. The van der Waals surface area contributed by atoms with Gasteiger partial charge in [0.25, 0.3) is 0 Å². The summed E-state index contributed by atoms with van der Waals surface area (Å²) >= 11 is 0. The van der Waals surface area contributed by atoms with Gasteiger partial charge in [-0.2, -0.15) is 0 Å². The van der Waals surface area contributed by atoms with Gasteiger partial charge >= 0.3 is 0 Å². The van der Waals surface area contributed by atoms with Gasteiger partial charge in [0.2, 0.25) is 0 Å². The van der Waals surface area contributed by atoms with Crippen LogP contribution in [0.2, 0.25) is 0 Å². The van der Waals surface area contributed by atoms with Gasteiger partial charge in [-0.1, -0.05) is 0 Å². The number of ether oxygens (including phenoxy) is 1. The molecule has 1 rings (SSSR count). The highest BCUT2D eigenvalue weighted by molar-refractivity contribution is 5.80. The number of hydrogen-bond donors (Lipinski definition) is 1. The summed E-state index contributed by atoms with van der Waals surface area (Å²) in [4.78, 5) is 20.6. The SMILES string of the molecule is COc1cc(C=O)cc(N=O)c1O. The van der Waals surface area contributed by atoms with Crippen LogP contribution in [0.3, 0.4) is 0 Å². The van der Waals surface area contributed by atoms with Crippen molar-refractivity contribution < 1.29 is 14.6 Å². The highest BCUT2D eigenvalue weighted by Crippen LogP contribution is 2.36. The van der Waals surface area contributed by atoms with E-state index in [9.17, 15) is 14.8 Å². The van der Waals surface area contributed by atoms with Crippen LogP contribution < -0.4 is 4.74 Å². The first-order valence-electron chi connectivity index (χ1n) is 3.42. The molecule has 0 amide bonds. The minimum absolute atomic E-state index is 0.0548. The third-order valence-electron chi connectivity index (χ3n) is 1.53. The van der Waals surface area contributed by atoms with Crippen molar-refractivity contribution in [3.63, 3.8) is 0 Å². The molecule has 0 unspecified atom stereocenters. The second kappa shape index (κ2) is 3.66. The van der Waals surface area contributed by atoms with Gasteiger partial charge in [0, 0.05) is 5.56 Å². The molecule has 0 fully saturated rings. The minimum atomic E-state index is -0.358. The van der Waals surface area contributed by atoms with E-state index in [1.807, 2.05) is 0 Å². The maximum absolute atomic E-state index is 10.4. The fourth-order valence-corrected chi connectivity index (χ4v) is 0.907. The lowest BCUT2D eigenvalue weighted by Crippen LogP contribution is -1.87. The molecule has 1 N–H and O–H groups in total. The zero-order chi connectivity index (χ0) is 9.84. The first-order valence-corrected chi connectivity index (χ1v) is 3.42. The molecule has 68 valence electrons. The monoisotopic (exact) mass is 181 g/mol. The first kappa shape index (κ1) is 9.18. The van der Waals surface area contributed by atoms with Gasteiger partial charge in [0.15, 0.2) is 17.2 Å². The molecule has 13 heavy (non-hydrogen) atoms. The summed E-state index contributed by atoms with van der Waals surface area (Å²) < 4.78 is 4.72. The van der Waals surface area contributed by atoms with Crippen molar-refractivity contribution in [1.29, 1.82) is 0 Å². The molecule has 0 aliphatic heterocycles. The van der Waals surface area contributed by atoms with Crippen molar-refractivity contribution in [2.45, 2.75) is 0 Å². The van der Waals surface area contributed by atoms with Crippen LogP contribution in [-0.4, -0.2) is 18.5 Å². The molecular weight excluding hydrogens is 174 g/mol. The quantitative estimate of drug-likeness (QED) is 0.567. The third-order valence-corrected chi connectivity index (χ3v) is 1.53. The Hall–Kier alpha value is -1.91. The number of phenols is 1. The number of methoxy groups -OCH3 is 1. The van der Waals surface area contributed by atoms with E-state index >= 15 is 0 Å². The van der Waals surface area contributed by atoms with Crippen LogP contribution in [-0.2, 0) is 0 Å². The minimum Gasteiger partial charge on any atom is -0.503 e. The van der Waals surface area contributed by atoms with Crippen LogP contribution in [0.4, 0.5) is 5.69 Å². The number of hydrogen-bond acceptors (Lipinski definition) is 5. The number of nitrogens with zero attached hydrogens (tertiary/aromatic N) is 1. The van der Waals surface area contributed by atoms with E-state index in [0.717, 1.165) is 0 Å². The van der Waals surface area contributed by atoms with E-state index in [0.29, 0.717) is 6.29 Å². The number of carbonyl (C=O) groups excluding carboxylic acids is 1. The van der Waals surface area contributed by atoms with Gasteiger partial charge in [0.1, 0.15) is 6.29 Å². The standard InChI is InChI=1S/C8H7NO4/c1-13-7-3-5(4-10)2-6(9-12)8(7)11/h2-4,11H,1H3. The number of benzene rings is 1. The average molecular weight is 181 g/mol. The lowest BCUT2D eigenvalue weighted by Gasteiger charge is -2.04. The van der Waals surface area contributed by atoms with Crippen LogP contribution in [0.1, 0.15) is 10.4 Å². The maximum atomic E-state index is 10.4. The summed E-state index contributed by atoms with van der Waals surface area (Å²) in [7, 11) is 1.32. The van der Waals surface area contributed by atoms with Gasteiger partial charge < -0.3 is 9.84 Å². The van der Waals surface area contributed by atoms with Crippen molar-refractivity contribution in [2.75, 3.05) is 7.11 Å².